The summed E-state index contributed by atoms with van der Waals surface area (Å²) >= 11 is 0. The lowest BCUT2D eigenvalue weighted by Gasteiger charge is -2.13. The number of aromatic nitrogens is 3. The van der Waals surface area contributed by atoms with Crippen LogP contribution >= 0.6 is 0 Å². The molecule has 7 heteroatoms. The van der Waals surface area contributed by atoms with Gasteiger partial charge in [0.2, 0.25) is 11.8 Å². The Morgan fingerprint density at radius 2 is 2.07 bits per heavy atom. The molecule has 0 radical (unpaired) electrons. The van der Waals surface area contributed by atoms with Gasteiger partial charge < -0.3 is 10.2 Å². The first kappa shape index (κ1) is 17.9. The molecule has 3 heterocycles. The van der Waals surface area contributed by atoms with Crippen LogP contribution in [0.25, 0.3) is 11.0 Å². The van der Waals surface area contributed by atoms with E-state index in [9.17, 15) is 9.59 Å². The van der Waals surface area contributed by atoms with Gasteiger partial charge >= 0.3 is 0 Å². The Kier molecular flexibility index (Phi) is 5.09. The van der Waals surface area contributed by atoms with Crippen molar-refractivity contribution in [1.29, 1.82) is 0 Å². The van der Waals surface area contributed by atoms with Gasteiger partial charge in [-0.25, -0.2) is 9.67 Å². The van der Waals surface area contributed by atoms with Crippen molar-refractivity contribution in [3.63, 3.8) is 0 Å². The van der Waals surface area contributed by atoms with E-state index < -0.39 is 0 Å². The highest BCUT2D eigenvalue weighted by molar-refractivity contribution is 5.80. The molecular weight excluding hydrogens is 342 g/mol. The molecule has 144 valence electrons. The fourth-order valence-electron chi connectivity index (χ4n) is 4.38. The van der Waals surface area contributed by atoms with Gasteiger partial charge in [-0.05, 0) is 31.4 Å². The molecule has 2 aromatic rings. The molecule has 1 aliphatic carbocycles. The fourth-order valence-corrected chi connectivity index (χ4v) is 4.38. The van der Waals surface area contributed by atoms with Crippen molar-refractivity contribution in [3.8, 4) is 0 Å². The highest BCUT2D eigenvalue weighted by Gasteiger charge is 2.29. The molecule has 2 aromatic heterocycles. The summed E-state index contributed by atoms with van der Waals surface area (Å²) in [6.07, 6.45) is 7.05. The molecule has 2 fully saturated rings. The second-order valence-corrected chi connectivity index (χ2v) is 7.71. The standard InChI is InChI=1S/C20H27N5O2/c1-14(26)24-11-8-16(13-24)18-17-7-4-9-21-19(17)25(23-18)12-10-22-20(27)15-5-2-3-6-15/h4,7,9,15-16H,2-3,5-6,8,10-13H2,1H3,(H,22,27)/t16-/m0/s1. The Balaban J connectivity index is 1.47. The third-order valence-corrected chi connectivity index (χ3v) is 5.90. The van der Waals surface area contributed by atoms with Gasteiger partial charge in [0.05, 0.1) is 12.2 Å². The van der Waals surface area contributed by atoms with E-state index >= 15 is 0 Å². The molecule has 1 aliphatic heterocycles. The van der Waals surface area contributed by atoms with Crippen LogP contribution in [0.2, 0.25) is 0 Å². The van der Waals surface area contributed by atoms with E-state index in [-0.39, 0.29) is 23.7 Å². The minimum absolute atomic E-state index is 0.119. The van der Waals surface area contributed by atoms with Crippen LogP contribution in [0.3, 0.4) is 0 Å². The number of fused-ring (bicyclic) bond motifs is 1. The summed E-state index contributed by atoms with van der Waals surface area (Å²) in [4.78, 5) is 30.3. The highest BCUT2D eigenvalue weighted by atomic mass is 16.2. The lowest BCUT2D eigenvalue weighted by Crippen LogP contribution is -2.32. The molecule has 4 rings (SSSR count). The first-order chi connectivity index (χ1) is 13.1. The van der Waals surface area contributed by atoms with E-state index in [0.717, 1.165) is 61.9 Å². The van der Waals surface area contributed by atoms with E-state index in [1.165, 1.54) is 0 Å². The van der Waals surface area contributed by atoms with Crippen LogP contribution < -0.4 is 5.32 Å². The van der Waals surface area contributed by atoms with Crippen LogP contribution in [-0.4, -0.2) is 51.1 Å². The number of likely N-dealkylation sites (tertiary alicyclic amines) is 1. The summed E-state index contributed by atoms with van der Waals surface area (Å²) in [6.45, 7) is 4.29. The molecule has 0 spiro atoms. The molecule has 0 bridgehead atoms. The van der Waals surface area contributed by atoms with Crippen molar-refractivity contribution in [1.82, 2.24) is 25.0 Å². The van der Waals surface area contributed by atoms with Gasteiger partial charge in [-0.3, -0.25) is 9.59 Å². The molecule has 1 saturated carbocycles. The molecule has 7 nitrogen and oxygen atoms in total. The SMILES string of the molecule is CC(=O)N1CC[C@H](c2nn(CCNC(=O)C3CCCC3)c3ncccc23)C1. The van der Waals surface area contributed by atoms with E-state index in [1.54, 1.807) is 13.1 Å². The fraction of sp³-hybridized carbons (Fsp3) is 0.600. The monoisotopic (exact) mass is 369 g/mol. The molecule has 1 saturated heterocycles. The molecule has 1 N–H and O–H groups in total. The number of carbonyl (C=O) groups is 2. The Bertz CT molecular complexity index is 840. The molecule has 2 amide bonds. The Morgan fingerprint density at radius 3 is 2.81 bits per heavy atom. The Labute approximate surface area is 159 Å². The zero-order valence-corrected chi connectivity index (χ0v) is 15.9. The van der Waals surface area contributed by atoms with Gasteiger partial charge in [0, 0.05) is 50.0 Å². The van der Waals surface area contributed by atoms with Gasteiger partial charge in [-0.1, -0.05) is 12.8 Å². The van der Waals surface area contributed by atoms with E-state index in [1.807, 2.05) is 15.6 Å². The van der Waals surface area contributed by atoms with E-state index in [4.69, 9.17) is 5.10 Å². The summed E-state index contributed by atoms with van der Waals surface area (Å²) in [7, 11) is 0. The van der Waals surface area contributed by atoms with Gasteiger partial charge in [-0.2, -0.15) is 5.10 Å². The average molecular weight is 369 g/mol. The maximum atomic E-state index is 12.2. The van der Waals surface area contributed by atoms with Crippen molar-refractivity contribution < 1.29 is 9.59 Å². The predicted molar refractivity (Wildman–Crippen MR) is 102 cm³/mol. The largest absolute Gasteiger partial charge is 0.354 e. The van der Waals surface area contributed by atoms with Crippen molar-refractivity contribution >= 4 is 22.8 Å². The quantitative estimate of drug-likeness (QED) is 0.875. The number of nitrogens with one attached hydrogen (secondary N) is 1. The molecule has 0 unspecified atom stereocenters. The molecule has 2 aliphatic rings. The van der Waals surface area contributed by atoms with Crippen LogP contribution in [-0.2, 0) is 16.1 Å². The number of rotatable bonds is 5. The molecule has 1 atom stereocenters. The summed E-state index contributed by atoms with van der Waals surface area (Å²) in [5.41, 5.74) is 1.87. The van der Waals surface area contributed by atoms with Crippen molar-refractivity contribution in [2.45, 2.75) is 51.5 Å². The lowest BCUT2D eigenvalue weighted by atomic mass is 10.0. The van der Waals surface area contributed by atoms with Gasteiger partial charge in [-0.15, -0.1) is 0 Å². The lowest BCUT2D eigenvalue weighted by molar-refractivity contribution is -0.128. The summed E-state index contributed by atoms with van der Waals surface area (Å²) in [6, 6.07) is 3.98. The first-order valence-electron chi connectivity index (χ1n) is 9.98. The number of nitrogens with zero attached hydrogens (tertiary/aromatic N) is 4. The second kappa shape index (κ2) is 7.66. The zero-order chi connectivity index (χ0) is 18.8. The highest BCUT2D eigenvalue weighted by Crippen LogP contribution is 2.31. The van der Waals surface area contributed by atoms with Crippen LogP contribution in [0.15, 0.2) is 18.3 Å². The predicted octanol–water partition coefficient (Wildman–Crippen LogP) is 2.07. The van der Waals surface area contributed by atoms with Crippen LogP contribution in [0.1, 0.15) is 50.6 Å². The second-order valence-electron chi connectivity index (χ2n) is 7.71. The number of pyridine rings is 1. The molecule has 0 aromatic carbocycles. The van der Waals surface area contributed by atoms with Crippen LogP contribution in [0.5, 0.6) is 0 Å². The van der Waals surface area contributed by atoms with Crippen LogP contribution in [0, 0.1) is 5.92 Å². The summed E-state index contributed by atoms with van der Waals surface area (Å²) in [5.74, 6) is 0.720. The third kappa shape index (κ3) is 3.68. The van der Waals surface area contributed by atoms with Gasteiger partial charge in [0.1, 0.15) is 0 Å². The maximum Gasteiger partial charge on any atom is 0.223 e. The topological polar surface area (TPSA) is 80.1 Å². The Hall–Kier alpha value is -2.44. The zero-order valence-electron chi connectivity index (χ0n) is 15.9. The van der Waals surface area contributed by atoms with Gasteiger partial charge in [0.15, 0.2) is 5.65 Å². The smallest absolute Gasteiger partial charge is 0.223 e. The third-order valence-electron chi connectivity index (χ3n) is 5.90. The van der Waals surface area contributed by atoms with Crippen molar-refractivity contribution in [2.75, 3.05) is 19.6 Å². The molecular formula is C20H27N5O2. The molecule has 27 heavy (non-hydrogen) atoms. The van der Waals surface area contributed by atoms with E-state index in [0.29, 0.717) is 13.1 Å². The van der Waals surface area contributed by atoms with Crippen molar-refractivity contribution in [2.24, 2.45) is 5.92 Å². The number of hydrogen-bond acceptors (Lipinski definition) is 4. The van der Waals surface area contributed by atoms with E-state index in [2.05, 4.69) is 16.4 Å². The number of amides is 2. The van der Waals surface area contributed by atoms with Crippen LogP contribution in [0.4, 0.5) is 0 Å². The first-order valence-corrected chi connectivity index (χ1v) is 9.98. The number of hydrogen-bond donors (Lipinski definition) is 1. The summed E-state index contributed by atoms with van der Waals surface area (Å²) < 4.78 is 1.90. The van der Waals surface area contributed by atoms with Crippen molar-refractivity contribution in [3.05, 3.63) is 24.0 Å². The maximum absolute atomic E-state index is 12.2. The minimum atomic E-state index is 0.119. The van der Waals surface area contributed by atoms with Gasteiger partial charge in [0.25, 0.3) is 0 Å². The summed E-state index contributed by atoms with van der Waals surface area (Å²) in [5, 5.41) is 8.93. The average Bonchev–Trinajstić information content (AvgIpc) is 3.41. The number of carbonyl (C=O) groups excluding carboxylic acids is 2. The normalized spacial score (nSPS) is 20.5. The Morgan fingerprint density at radius 1 is 1.26 bits per heavy atom. The minimum Gasteiger partial charge on any atom is -0.354 e.